The second kappa shape index (κ2) is 7.40. The van der Waals surface area contributed by atoms with Crippen molar-refractivity contribution < 1.29 is 17.6 Å². The van der Waals surface area contributed by atoms with E-state index < -0.39 is 28.3 Å². The third-order valence-electron chi connectivity index (χ3n) is 2.94. The topological polar surface area (TPSA) is 66.5 Å². The molecule has 118 valence electrons. The molecule has 7 heteroatoms. The fraction of sp³-hybridized carbons (Fsp3) is 0.500. The van der Waals surface area contributed by atoms with Gasteiger partial charge in [0.1, 0.15) is 12.4 Å². The van der Waals surface area contributed by atoms with Gasteiger partial charge in [-0.2, -0.15) is 0 Å². The van der Waals surface area contributed by atoms with Crippen molar-refractivity contribution in [1.29, 1.82) is 0 Å². The molecular formula is C14H21FN2O3S. The number of rotatable bonds is 7. The van der Waals surface area contributed by atoms with Crippen LogP contribution in [0.2, 0.25) is 0 Å². The third kappa shape index (κ3) is 5.34. The molecule has 0 spiro atoms. The highest BCUT2D eigenvalue weighted by atomic mass is 32.2. The fourth-order valence-corrected chi connectivity index (χ4v) is 2.85. The van der Waals surface area contributed by atoms with Crippen molar-refractivity contribution >= 4 is 21.6 Å². The van der Waals surface area contributed by atoms with E-state index in [0.717, 1.165) is 29.5 Å². The van der Waals surface area contributed by atoms with Crippen LogP contribution in [-0.4, -0.2) is 33.2 Å². The fourth-order valence-electron chi connectivity index (χ4n) is 1.99. The van der Waals surface area contributed by atoms with Crippen molar-refractivity contribution in [3.8, 4) is 0 Å². The lowest BCUT2D eigenvalue weighted by Gasteiger charge is -2.23. The summed E-state index contributed by atoms with van der Waals surface area (Å²) in [5.41, 5.74) is -0.127. The molecule has 1 N–H and O–H groups in total. The molecule has 1 amide bonds. The van der Waals surface area contributed by atoms with Crippen molar-refractivity contribution in [1.82, 2.24) is 5.32 Å². The number of carbonyl (C=O) groups is 1. The number of halogens is 1. The zero-order chi connectivity index (χ0) is 16.0. The second-order valence-corrected chi connectivity index (χ2v) is 6.89. The first-order valence-corrected chi connectivity index (χ1v) is 8.62. The van der Waals surface area contributed by atoms with Crippen LogP contribution in [0.4, 0.5) is 10.1 Å². The van der Waals surface area contributed by atoms with Crippen LogP contribution in [-0.2, 0) is 14.8 Å². The predicted octanol–water partition coefficient (Wildman–Crippen LogP) is 1.90. The summed E-state index contributed by atoms with van der Waals surface area (Å²) in [5, 5.41) is 2.71. The number of benzene rings is 1. The van der Waals surface area contributed by atoms with Crippen molar-refractivity contribution in [3.63, 3.8) is 0 Å². The van der Waals surface area contributed by atoms with Gasteiger partial charge in [0.2, 0.25) is 15.9 Å². The van der Waals surface area contributed by atoms with Gasteiger partial charge in [-0.3, -0.25) is 9.10 Å². The van der Waals surface area contributed by atoms with Gasteiger partial charge in [0.05, 0.1) is 11.9 Å². The summed E-state index contributed by atoms with van der Waals surface area (Å²) < 4.78 is 38.2. The van der Waals surface area contributed by atoms with Gasteiger partial charge in [-0.25, -0.2) is 12.8 Å². The highest BCUT2D eigenvalue weighted by molar-refractivity contribution is 7.92. The van der Waals surface area contributed by atoms with E-state index in [0.29, 0.717) is 0 Å². The summed E-state index contributed by atoms with van der Waals surface area (Å²) >= 11 is 0. The van der Waals surface area contributed by atoms with Crippen LogP contribution < -0.4 is 9.62 Å². The maximum Gasteiger partial charge on any atom is 0.240 e. The highest BCUT2D eigenvalue weighted by Gasteiger charge is 2.23. The summed E-state index contributed by atoms with van der Waals surface area (Å²) in [6.07, 6.45) is 2.65. The molecule has 0 fully saturated rings. The molecule has 1 rings (SSSR count). The normalized spacial score (nSPS) is 12.8. The van der Waals surface area contributed by atoms with E-state index in [1.54, 1.807) is 0 Å². The molecule has 0 aliphatic rings. The summed E-state index contributed by atoms with van der Waals surface area (Å²) in [5.74, 6) is -1.14. The van der Waals surface area contributed by atoms with Gasteiger partial charge in [0.25, 0.3) is 0 Å². The molecule has 0 heterocycles. The Bertz CT molecular complexity index is 590. The molecule has 0 unspecified atom stereocenters. The van der Waals surface area contributed by atoms with Crippen LogP contribution in [0.5, 0.6) is 0 Å². The molecule has 0 aliphatic carbocycles. The van der Waals surface area contributed by atoms with Crippen LogP contribution in [0.25, 0.3) is 0 Å². The molecule has 5 nitrogen and oxygen atoms in total. The number of carbonyl (C=O) groups excluding carboxylic acids is 1. The van der Waals surface area contributed by atoms with E-state index in [9.17, 15) is 17.6 Å². The Morgan fingerprint density at radius 2 is 2.00 bits per heavy atom. The molecule has 0 saturated heterocycles. The number of nitrogens with zero attached hydrogens (tertiary/aromatic N) is 1. The number of sulfonamides is 1. The minimum Gasteiger partial charge on any atom is -0.352 e. The van der Waals surface area contributed by atoms with Crippen molar-refractivity contribution in [2.45, 2.75) is 32.7 Å². The smallest absolute Gasteiger partial charge is 0.240 e. The van der Waals surface area contributed by atoms with Gasteiger partial charge in [-0.15, -0.1) is 0 Å². The Kier molecular flexibility index (Phi) is 6.14. The second-order valence-electron chi connectivity index (χ2n) is 4.98. The Hall–Kier alpha value is -1.63. The summed E-state index contributed by atoms with van der Waals surface area (Å²) in [4.78, 5) is 11.9. The zero-order valence-electron chi connectivity index (χ0n) is 12.5. The molecular weight excluding hydrogens is 295 g/mol. The molecule has 1 atom stereocenters. The number of anilines is 1. The Labute approximate surface area is 125 Å². The first-order valence-electron chi connectivity index (χ1n) is 6.77. The molecule has 0 bridgehead atoms. The average molecular weight is 316 g/mol. The Balaban J connectivity index is 2.92. The summed E-state index contributed by atoms with van der Waals surface area (Å²) in [6.45, 7) is 3.40. The molecule has 0 saturated carbocycles. The Morgan fingerprint density at radius 3 is 2.52 bits per heavy atom. The first kappa shape index (κ1) is 17.4. The standard InChI is InChI=1S/C14H21FN2O3S/c1-4-7-11(2)16-14(18)10-17(21(3,19)20)13-9-6-5-8-12(13)15/h5-6,8-9,11H,4,7,10H2,1-3H3,(H,16,18)/t11-/m0/s1. The molecule has 21 heavy (non-hydrogen) atoms. The van der Waals surface area contributed by atoms with E-state index >= 15 is 0 Å². The molecule has 0 aromatic heterocycles. The molecule has 0 aliphatic heterocycles. The van der Waals surface area contributed by atoms with Gasteiger partial charge in [-0.1, -0.05) is 25.5 Å². The minimum atomic E-state index is -3.75. The molecule has 0 radical (unpaired) electrons. The van der Waals surface area contributed by atoms with Gasteiger partial charge in [-0.05, 0) is 25.5 Å². The van der Waals surface area contributed by atoms with E-state index in [4.69, 9.17) is 0 Å². The van der Waals surface area contributed by atoms with Gasteiger partial charge in [0, 0.05) is 6.04 Å². The molecule has 1 aromatic carbocycles. The maximum atomic E-state index is 13.8. The number of nitrogens with one attached hydrogen (secondary N) is 1. The Morgan fingerprint density at radius 1 is 1.38 bits per heavy atom. The van der Waals surface area contributed by atoms with E-state index in [1.807, 2.05) is 13.8 Å². The van der Waals surface area contributed by atoms with Crippen LogP contribution in [0.15, 0.2) is 24.3 Å². The lowest BCUT2D eigenvalue weighted by Crippen LogP contribution is -2.43. The van der Waals surface area contributed by atoms with Crippen LogP contribution in [0.1, 0.15) is 26.7 Å². The van der Waals surface area contributed by atoms with Gasteiger partial charge < -0.3 is 5.32 Å². The largest absolute Gasteiger partial charge is 0.352 e. The third-order valence-corrected chi connectivity index (χ3v) is 4.06. The maximum absolute atomic E-state index is 13.8. The van der Waals surface area contributed by atoms with Crippen molar-refractivity contribution in [2.75, 3.05) is 17.1 Å². The van der Waals surface area contributed by atoms with Crippen LogP contribution in [0, 0.1) is 5.82 Å². The van der Waals surface area contributed by atoms with E-state index in [2.05, 4.69) is 5.32 Å². The number of hydrogen-bond donors (Lipinski definition) is 1. The van der Waals surface area contributed by atoms with E-state index in [-0.39, 0.29) is 11.7 Å². The lowest BCUT2D eigenvalue weighted by atomic mass is 10.2. The number of para-hydroxylation sites is 1. The van der Waals surface area contributed by atoms with Crippen LogP contribution in [0.3, 0.4) is 0 Å². The average Bonchev–Trinajstić information content (AvgIpc) is 2.36. The zero-order valence-corrected chi connectivity index (χ0v) is 13.3. The lowest BCUT2D eigenvalue weighted by molar-refractivity contribution is -0.120. The minimum absolute atomic E-state index is 0.0514. The first-order chi connectivity index (χ1) is 9.75. The van der Waals surface area contributed by atoms with E-state index in [1.165, 1.54) is 18.2 Å². The van der Waals surface area contributed by atoms with Crippen molar-refractivity contribution in [2.24, 2.45) is 0 Å². The van der Waals surface area contributed by atoms with Gasteiger partial charge in [0.15, 0.2) is 0 Å². The number of hydrogen-bond acceptors (Lipinski definition) is 3. The van der Waals surface area contributed by atoms with Crippen molar-refractivity contribution in [3.05, 3.63) is 30.1 Å². The number of amides is 1. The SMILES string of the molecule is CCC[C@H](C)NC(=O)CN(c1ccccc1F)S(C)(=O)=O. The monoisotopic (exact) mass is 316 g/mol. The highest BCUT2D eigenvalue weighted by Crippen LogP contribution is 2.20. The van der Waals surface area contributed by atoms with Gasteiger partial charge >= 0.3 is 0 Å². The summed E-state index contributed by atoms with van der Waals surface area (Å²) in [6, 6.07) is 5.42. The summed E-state index contributed by atoms with van der Waals surface area (Å²) in [7, 11) is -3.75. The quantitative estimate of drug-likeness (QED) is 0.835. The molecule has 1 aromatic rings. The predicted molar refractivity (Wildman–Crippen MR) is 81.1 cm³/mol. The van der Waals surface area contributed by atoms with Crippen LogP contribution >= 0.6 is 0 Å².